The number of piperazine rings is 1. The van der Waals surface area contributed by atoms with E-state index in [4.69, 9.17) is 32.9 Å². The Morgan fingerprint density at radius 1 is 0.966 bits per heavy atom. The molecule has 0 bridgehead atoms. The standard InChI is InChI=1S/C20H23Cl2N5O2/c1-14-12-18(25-8-10-29-11-9-25)24-20(23-14)27-6-4-26(5-7-27)19(28)16-3-2-15(21)13-17(16)22/h2-3,12-13H,4-11H2,1H3. The number of benzene rings is 1. The van der Waals surface area contributed by atoms with Gasteiger partial charge < -0.3 is 19.4 Å². The van der Waals surface area contributed by atoms with E-state index in [1.165, 1.54) is 0 Å². The van der Waals surface area contributed by atoms with Crippen molar-refractivity contribution in [2.24, 2.45) is 0 Å². The fourth-order valence-electron chi connectivity index (χ4n) is 3.58. The maximum absolute atomic E-state index is 12.8. The zero-order valence-corrected chi connectivity index (χ0v) is 17.8. The van der Waals surface area contributed by atoms with Crippen LogP contribution in [0.1, 0.15) is 16.1 Å². The van der Waals surface area contributed by atoms with Crippen LogP contribution in [0, 0.1) is 6.92 Å². The molecule has 1 aromatic heterocycles. The van der Waals surface area contributed by atoms with E-state index in [-0.39, 0.29) is 5.91 Å². The van der Waals surface area contributed by atoms with Gasteiger partial charge in [0, 0.05) is 56.1 Å². The molecule has 7 nitrogen and oxygen atoms in total. The summed E-state index contributed by atoms with van der Waals surface area (Å²) in [5, 5.41) is 0.895. The number of morpholine rings is 1. The lowest BCUT2D eigenvalue weighted by Gasteiger charge is -2.35. The second kappa shape index (κ2) is 8.73. The van der Waals surface area contributed by atoms with Gasteiger partial charge in [-0.3, -0.25) is 4.79 Å². The average Bonchev–Trinajstić information content (AvgIpc) is 2.74. The predicted molar refractivity (Wildman–Crippen MR) is 114 cm³/mol. The third-order valence-electron chi connectivity index (χ3n) is 5.18. The van der Waals surface area contributed by atoms with Crippen LogP contribution in [0.3, 0.4) is 0 Å². The van der Waals surface area contributed by atoms with E-state index >= 15 is 0 Å². The van der Waals surface area contributed by atoms with Crippen molar-refractivity contribution in [3.8, 4) is 0 Å². The summed E-state index contributed by atoms with van der Waals surface area (Å²) in [6.07, 6.45) is 0. The molecule has 0 spiro atoms. The van der Waals surface area contributed by atoms with E-state index in [2.05, 4.69) is 14.8 Å². The molecule has 1 aromatic carbocycles. The summed E-state index contributed by atoms with van der Waals surface area (Å²) in [6, 6.07) is 6.97. The third kappa shape index (κ3) is 4.57. The first-order valence-corrected chi connectivity index (χ1v) is 10.4. The summed E-state index contributed by atoms with van der Waals surface area (Å²) < 4.78 is 5.43. The summed E-state index contributed by atoms with van der Waals surface area (Å²) in [4.78, 5) is 28.4. The van der Waals surface area contributed by atoms with Crippen molar-refractivity contribution in [2.75, 3.05) is 62.3 Å². The zero-order valence-electron chi connectivity index (χ0n) is 16.3. The Kier molecular flexibility index (Phi) is 6.08. The second-order valence-electron chi connectivity index (χ2n) is 7.17. The SMILES string of the molecule is Cc1cc(N2CCOCC2)nc(N2CCN(C(=O)c3ccc(Cl)cc3Cl)CC2)n1. The van der Waals surface area contributed by atoms with Gasteiger partial charge in [0.25, 0.3) is 5.91 Å². The molecule has 9 heteroatoms. The summed E-state index contributed by atoms with van der Waals surface area (Å²) in [5.74, 6) is 1.57. The number of aryl methyl sites for hydroxylation is 1. The summed E-state index contributed by atoms with van der Waals surface area (Å²) in [7, 11) is 0. The fourth-order valence-corrected chi connectivity index (χ4v) is 4.06. The van der Waals surface area contributed by atoms with Gasteiger partial charge in [0.05, 0.1) is 23.8 Å². The quantitative estimate of drug-likeness (QED) is 0.738. The number of aromatic nitrogens is 2. The lowest BCUT2D eigenvalue weighted by atomic mass is 10.2. The molecule has 4 rings (SSSR count). The Balaban J connectivity index is 1.44. The Labute approximate surface area is 180 Å². The molecule has 2 aromatic rings. The molecule has 0 atom stereocenters. The molecule has 1 amide bonds. The number of halogens is 2. The number of carbonyl (C=O) groups excluding carboxylic acids is 1. The highest BCUT2D eigenvalue weighted by atomic mass is 35.5. The van der Waals surface area contributed by atoms with Crippen molar-refractivity contribution in [1.82, 2.24) is 14.9 Å². The lowest BCUT2D eigenvalue weighted by molar-refractivity contribution is 0.0746. The predicted octanol–water partition coefficient (Wildman–Crippen LogP) is 2.89. The molecule has 29 heavy (non-hydrogen) atoms. The number of carbonyl (C=O) groups is 1. The molecule has 2 aliphatic rings. The van der Waals surface area contributed by atoms with Gasteiger partial charge >= 0.3 is 0 Å². The molecule has 154 valence electrons. The number of ether oxygens (including phenoxy) is 1. The molecule has 3 heterocycles. The third-order valence-corrected chi connectivity index (χ3v) is 5.72. The molecular formula is C20H23Cl2N5O2. The van der Waals surface area contributed by atoms with Gasteiger partial charge in [-0.15, -0.1) is 0 Å². The van der Waals surface area contributed by atoms with Gasteiger partial charge in [0.2, 0.25) is 5.95 Å². The largest absolute Gasteiger partial charge is 0.378 e. The van der Waals surface area contributed by atoms with Crippen LogP contribution < -0.4 is 9.80 Å². The minimum absolute atomic E-state index is 0.0783. The van der Waals surface area contributed by atoms with Crippen LogP contribution in [-0.4, -0.2) is 73.3 Å². The maximum atomic E-state index is 12.8. The van der Waals surface area contributed by atoms with Gasteiger partial charge in [-0.25, -0.2) is 4.98 Å². The number of amides is 1. The molecule has 0 N–H and O–H groups in total. The zero-order chi connectivity index (χ0) is 20.4. The fraction of sp³-hybridized carbons (Fsp3) is 0.450. The van der Waals surface area contributed by atoms with E-state index < -0.39 is 0 Å². The van der Waals surface area contributed by atoms with Crippen molar-refractivity contribution in [3.63, 3.8) is 0 Å². The first kappa shape index (κ1) is 20.2. The van der Waals surface area contributed by atoms with Crippen LogP contribution in [0.2, 0.25) is 10.0 Å². The van der Waals surface area contributed by atoms with Crippen LogP contribution >= 0.6 is 23.2 Å². The normalized spacial score (nSPS) is 17.6. The van der Waals surface area contributed by atoms with Crippen LogP contribution in [0.5, 0.6) is 0 Å². The first-order valence-electron chi connectivity index (χ1n) is 9.69. The number of nitrogens with zero attached hydrogens (tertiary/aromatic N) is 5. The monoisotopic (exact) mass is 435 g/mol. The number of hydrogen-bond acceptors (Lipinski definition) is 6. The van der Waals surface area contributed by atoms with Crippen molar-refractivity contribution in [2.45, 2.75) is 6.92 Å². The average molecular weight is 436 g/mol. The van der Waals surface area contributed by atoms with Crippen molar-refractivity contribution >= 4 is 40.9 Å². The van der Waals surface area contributed by atoms with Crippen molar-refractivity contribution in [3.05, 3.63) is 45.6 Å². The second-order valence-corrected chi connectivity index (χ2v) is 8.01. The van der Waals surface area contributed by atoms with E-state index in [0.717, 1.165) is 24.6 Å². The Morgan fingerprint density at radius 3 is 2.38 bits per heavy atom. The topological polar surface area (TPSA) is 61.8 Å². The smallest absolute Gasteiger partial charge is 0.255 e. The van der Waals surface area contributed by atoms with Gasteiger partial charge in [0.1, 0.15) is 5.82 Å². The van der Waals surface area contributed by atoms with E-state index in [0.29, 0.717) is 60.9 Å². The van der Waals surface area contributed by atoms with Crippen molar-refractivity contribution < 1.29 is 9.53 Å². The van der Waals surface area contributed by atoms with E-state index in [9.17, 15) is 4.79 Å². The lowest BCUT2D eigenvalue weighted by Crippen LogP contribution is -2.49. The number of anilines is 2. The Morgan fingerprint density at radius 2 is 1.69 bits per heavy atom. The van der Waals surface area contributed by atoms with Gasteiger partial charge in [-0.1, -0.05) is 23.2 Å². The molecule has 2 aliphatic heterocycles. The highest BCUT2D eigenvalue weighted by molar-refractivity contribution is 6.36. The van der Waals surface area contributed by atoms with Crippen LogP contribution in [-0.2, 0) is 4.74 Å². The van der Waals surface area contributed by atoms with Gasteiger partial charge in [-0.05, 0) is 25.1 Å². The molecule has 0 saturated carbocycles. The van der Waals surface area contributed by atoms with Gasteiger partial charge in [-0.2, -0.15) is 4.98 Å². The minimum atomic E-state index is -0.0783. The van der Waals surface area contributed by atoms with Gasteiger partial charge in [0.15, 0.2) is 0 Å². The maximum Gasteiger partial charge on any atom is 0.255 e. The molecule has 2 fully saturated rings. The van der Waals surface area contributed by atoms with E-state index in [1.807, 2.05) is 17.9 Å². The number of hydrogen-bond donors (Lipinski definition) is 0. The van der Waals surface area contributed by atoms with Crippen LogP contribution in [0.25, 0.3) is 0 Å². The summed E-state index contributed by atoms with van der Waals surface area (Å²) >= 11 is 12.1. The molecular weight excluding hydrogens is 413 g/mol. The Bertz CT molecular complexity index is 896. The van der Waals surface area contributed by atoms with Crippen LogP contribution in [0.4, 0.5) is 11.8 Å². The van der Waals surface area contributed by atoms with Crippen LogP contribution in [0.15, 0.2) is 24.3 Å². The summed E-state index contributed by atoms with van der Waals surface area (Å²) in [6.45, 7) is 7.59. The molecule has 2 saturated heterocycles. The highest BCUT2D eigenvalue weighted by Crippen LogP contribution is 2.24. The molecule has 0 radical (unpaired) electrons. The van der Waals surface area contributed by atoms with E-state index in [1.54, 1.807) is 18.2 Å². The first-order chi connectivity index (χ1) is 14.0. The minimum Gasteiger partial charge on any atom is -0.378 e. The molecule has 0 aliphatic carbocycles. The summed E-state index contributed by atoms with van der Waals surface area (Å²) in [5.41, 5.74) is 1.41. The molecule has 0 unspecified atom stereocenters. The number of rotatable bonds is 3. The van der Waals surface area contributed by atoms with Crippen molar-refractivity contribution in [1.29, 1.82) is 0 Å². The Hall–Kier alpha value is -2.09. The highest BCUT2D eigenvalue weighted by Gasteiger charge is 2.25.